The van der Waals surface area contributed by atoms with Gasteiger partial charge in [-0.25, -0.2) is 0 Å². The number of aldehydes is 1. The van der Waals surface area contributed by atoms with Crippen molar-refractivity contribution in [3.63, 3.8) is 0 Å². The number of ether oxygens (including phenoxy) is 1. The van der Waals surface area contributed by atoms with Crippen molar-refractivity contribution in [2.45, 2.75) is 89.9 Å². The normalized spacial score (nSPS) is 10.9. The van der Waals surface area contributed by atoms with Crippen molar-refractivity contribution in [3.05, 3.63) is 0 Å². The molecular formula is C18H37O3+. The van der Waals surface area contributed by atoms with Crippen LogP contribution in [0.3, 0.4) is 0 Å². The molecular weight excluding hydrogens is 264 g/mol. The van der Waals surface area contributed by atoms with E-state index in [2.05, 4.69) is 0 Å². The van der Waals surface area contributed by atoms with Crippen molar-refractivity contribution >= 4 is 6.29 Å². The summed E-state index contributed by atoms with van der Waals surface area (Å²) >= 11 is 0. The third-order valence-corrected chi connectivity index (χ3v) is 3.86. The lowest BCUT2D eigenvalue weighted by molar-refractivity contribution is 0.0895. The highest BCUT2D eigenvalue weighted by Gasteiger charge is 1.95. The van der Waals surface area contributed by atoms with E-state index < -0.39 is 0 Å². The van der Waals surface area contributed by atoms with Crippen LogP contribution in [0, 0.1) is 0 Å². The lowest BCUT2D eigenvalue weighted by atomic mass is 10.0. The van der Waals surface area contributed by atoms with Gasteiger partial charge >= 0.3 is 0 Å². The zero-order valence-electron chi connectivity index (χ0n) is 13.9. The SMILES string of the molecule is OCCOCCCCCCCCCCCCCCCC=[OH+]. The highest BCUT2D eigenvalue weighted by molar-refractivity contribution is 5.50. The summed E-state index contributed by atoms with van der Waals surface area (Å²) in [7, 11) is 0. The second-order valence-corrected chi connectivity index (χ2v) is 5.90. The highest BCUT2D eigenvalue weighted by atomic mass is 16.5. The first-order valence-electron chi connectivity index (χ1n) is 9.06. The van der Waals surface area contributed by atoms with E-state index in [-0.39, 0.29) is 6.61 Å². The first-order chi connectivity index (χ1) is 10.4. The number of hydrogen-bond acceptors (Lipinski definition) is 2. The molecule has 0 aliphatic carbocycles. The van der Waals surface area contributed by atoms with Gasteiger partial charge in [-0.1, -0.05) is 70.6 Å². The molecule has 0 amide bonds. The Morgan fingerprint density at radius 3 is 1.48 bits per heavy atom. The largest absolute Gasteiger partial charge is 0.394 e. The van der Waals surface area contributed by atoms with E-state index in [4.69, 9.17) is 14.6 Å². The predicted octanol–water partition coefficient (Wildman–Crippen LogP) is 4.63. The molecule has 0 saturated heterocycles. The summed E-state index contributed by atoms with van der Waals surface area (Å²) in [4.78, 5) is 8.55. The summed E-state index contributed by atoms with van der Waals surface area (Å²) in [6.45, 7) is 1.43. The molecule has 0 aliphatic heterocycles. The highest BCUT2D eigenvalue weighted by Crippen LogP contribution is 2.12. The Hall–Kier alpha value is -0.410. The molecule has 0 radical (unpaired) electrons. The molecule has 3 heteroatoms. The molecule has 0 atom stereocenters. The molecule has 0 aliphatic rings. The quantitative estimate of drug-likeness (QED) is 0.228. The molecule has 0 rings (SSSR count). The van der Waals surface area contributed by atoms with Crippen LogP contribution in [0.5, 0.6) is 0 Å². The van der Waals surface area contributed by atoms with Crippen LogP contribution in [-0.4, -0.2) is 36.0 Å². The summed E-state index contributed by atoms with van der Waals surface area (Å²) in [5.41, 5.74) is 0. The van der Waals surface area contributed by atoms with Crippen molar-refractivity contribution in [1.82, 2.24) is 0 Å². The second-order valence-electron chi connectivity index (χ2n) is 5.90. The number of carbonyl (C=O) groups excluding carboxylic acids is 1. The van der Waals surface area contributed by atoms with E-state index in [1.54, 1.807) is 0 Å². The van der Waals surface area contributed by atoms with E-state index in [0.717, 1.165) is 25.9 Å². The summed E-state index contributed by atoms with van der Waals surface area (Å²) < 4.78 is 5.23. The molecule has 0 aromatic rings. The lowest BCUT2D eigenvalue weighted by Crippen LogP contribution is -2.00. The molecule has 0 heterocycles. The standard InChI is InChI=1S/C18H36O3/c19-15-13-11-9-7-5-3-1-2-4-6-8-10-12-14-17-21-18-16-20/h15,20H,1-14,16-18H2/p+1. The van der Waals surface area contributed by atoms with E-state index in [9.17, 15) is 0 Å². The van der Waals surface area contributed by atoms with Crippen molar-refractivity contribution in [3.8, 4) is 0 Å². The van der Waals surface area contributed by atoms with E-state index in [1.807, 2.05) is 0 Å². The predicted molar refractivity (Wildman–Crippen MR) is 90.5 cm³/mol. The zero-order valence-corrected chi connectivity index (χ0v) is 13.9. The van der Waals surface area contributed by atoms with E-state index >= 15 is 0 Å². The summed E-state index contributed by atoms with van der Waals surface area (Å²) in [5, 5.41) is 8.56. The van der Waals surface area contributed by atoms with Crippen LogP contribution < -0.4 is 0 Å². The minimum atomic E-state index is 0.140. The zero-order chi connectivity index (χ0) is 15.4. The van der Waals surface area contributed by atoms with Crippen LogP contribution in [0.1, 0.15) is 89.9 Å². The van der Waals surface area contributed by atoms with E-state index in [0.29, 0.717) is 6.61 Å². The maximum Gasteiger partial charge on any atom is 0.281 e. The number of aliphatic hydroxyl groups excluding tert-OH is 1. The Morgan fingerprint density at radius 2 is 1.05 bits per heavy atom. The van der Waals surface area contributed by atoms with Gasteiger partial charge < -0.3 is 9.84 Å². The molecule has 0 unspecified atom stereocenters. The minimum absolute atomic E-state index is 0.140. The first-order valence-corrected chi connectivity index (χ1v) is 9.06. The van der Waals surface area contributed by atoms with Crippen molar-refractivity contribution in [1.29, 1.82) is 0 Å². The minimum Gasteiger partial charge on any atom is -0.394 e. The van der Waals surface area contributed by atoms with Gasteiger partial charge in [0, 0.05) is 6.61 Å². The van der Waals surface area contributed by atoms with Crippen molar-refractivity contribution in [2.24, 2.45) is 0 Å². The van der Waals surface area contributed by atoms with Crippen LogP contribution in [-0.2, 0) is 4.74 Å². The van der Waals surface area contributed by atoms with Crippen LogP contribution in [0.4, 0.5) is 0 Å². The van der Waals surface area contributed by atoms with Gasteiger partial charge in [0.2, 0.25) is 0 Å². The second kappa shape index (κ2) is 19.6. The molecule has 126 valence electrons. The molecule has 0 aromatic heterocycles. The van der Waals surface area contributed by atoms with Gasteiger partial charge in [0.15, 0.2) is 0 Å². The van der Waals surface area contributed by atoms with Crippen molar-refractivity contribution < 1.29 is 14.6 Å². The average Bonchev–Trinajstić information content (AvgIpc) is 2.50. The fourth-order valence-corrected chi connectivity index (χ4v) is 2.55. The molecule has 0 fully saturated rings. The van der Waals surface area contributed by atoms with Crippen LogP contribution in [0.15, 0.2) is 0 Å². The fourth-order valence-electron chi connectivity index (χ4n) is 2.55. The summed E-state index contributed by atoms with van der Waals surface area (Å²) in [5.74, 6) is 0. The third-order valence-electron chi connectivity index (χ3n) is 3.86. The topological polar surface area (TPSA) is 50.9 Å². The van der Waals surface area contributed by atoms with Crippen molar-refractivity contribution in [2.75, 3.05) is 19.8 Å². The Balaban J connectivity index is 2.91. The van der Waals surface area contributed by atoms with Gasteiger partial charge in [0.05, 0.1) is 19.6 Å². The van der Waals surface area contributed by atoms with Gasteiger partial charge in [0.25, 0.3) is 6.29 Å². The number of aliphatic hydroxyl groups is 1. The molecule has 0 bridgehead atoms. The smallest absolute Gasteiger partial charge is 0.281 e. The monoisotopic (exact) mass is 301 g/mol. The van der Waals surface area contributed by atoms with Crippen LogP contribution >= 0.6 is 0 Å². The molecule has 0 spiro atoms. The van der Waals surface area contributed by atoms with Gasteiger partial charge in [-0.05, 0) is 12.8 Å². The Bertz CT molecular complexity index is 195. The summed E-state index contributed by atoms with van der Waals surface area (Å²) in [6.07, 6.45) is 19.2. The molecule has 3 nitrogen and oxygen atoms in total. The Kier molecular flexibility index (Phi) is 19.2. The van der Waals surface area contributed by atoms with Crippen LogP contribution in [0.2, 0.25) is 0 Å². The van der Waals surface area contributed by atoms with Crippen LogP contribution in [0.25, 0.3) is 0 Å². The van der Waals surface area contributed by atoms with Gasteiger partial charge in [-0.15, -0.1) is 0 Å². The Morgan fingerprint density at radius 1 is 0.619 bits per heavy atom. The molecule has 21 heavy (non-hydrogen) atoms. The Labute approximate surface area is 131 Å². The fraction of sp³-hybridized carbons (Fsp3) is 0.944. The molecule has 0 aromatic carbocycles. The maximum atomic E-state index is 8.56. The number of unbranched alkanes of at least 4 members (excludes halogenated alkanes) is 13. The first kappa shape index (κ1) is 20.6. The lowest BCUT2D eigenvalue weighted by Gasteiger charge is -2.03. The summed E-state index contributed by atoms with van der Waals surface area (Å²) in [6, 6.07) is 0. The number of rotatable bonds is 18. The van der Waals surface area contributed by atoms with Gasteiger partial charge in [0.1, 0.15) is 0 Å². The maximum absolute atomic E-state index is 8.56. The number of hydrogen-bond donors (Lipinski definition) is 1. The van der Waals surface area contributed by atoms with Gasteiger partial charge in [-0.2, -0.15) is 0 Å². The third kappa shape index (κ3) is 19.6. The molecule has 0 saturated carbocycles. The van der Waals surface area contributed by atoms with Gasteiger partial charge in [-0.3, -0.25) is 4.79 Å². The average molecular weight is 301 g/mol. The molecule has 2 N–H and O–H groups in total. The van der Waals surface area contributed by atoms with E-state index in [1.165, 1.54) is 76.9 Å².